The van der Waals surface area contributed by atoms with E-state index in [9.17, 15) is 18.0 Å². The van der Waals surface area contributed by atoms with Gasteiger partial charge in [0.25, 0.3) is 0 Å². The Bertz CT molecular complexity index is 898. The molecular formula is C23H28F3N3O3. The fourth-order valence-corrected chi connectivity index (χ4v) is 3.55. The van der Waals surface area contributed by atoms with E-state index in [0.717, 1.165) is 23.4 Å². The third-order valence-electron chi connectivity index (χ3n) is 5.33. The number of amides is 1. The summed E-state index contributed by atoms with van der Waals surface area (Å²) in [5.41, 5.74) is 0.934. The topological polar surface area (TPSA) is 54.0 Å². The Morgan fingerprint density at radius 3 is 2.44 bits per heavy atom. The zero-order valence-corrected chi connectivity index (χ0v) is 18.2. The van der Waals surface area contributed by atoms with Crippen molar-refractivity contribution in [2.45, 2.75) is 19.6 Å². The van der Waals surface area contributed by atoms with Gasteiger partial charge in [-0.2, -0.15) is 13.2 Å². The number of methoxy groups -OCH3 is 1. The highest BCUT2D eigenvalue weighted by Gasteiger charge is 2.32. The molecule has 1 aliphatic heterocycles. The van der Waals surface area contributed by atoms with Crippen LogP contribution in [0, 0.1) is 0 Å². The van der Waals surface area contributed by atoms with Crippen LogP contribution in [0.4, 0.5) is 24.5 Å². The number of hydrogen-bond donors (Lipinski definition) is 1. The van der Waals surface area contributed by atoms with Crippen LogP contribution in [0.1, 0.15) is 18.1 Å². The second-order valence-corrected chi connectivity index (χ2v) is 7.53. The lowest BCUT2D eigenvalue weighted by Crippen LogP contribution is -2.37. The van der Waals surface area contributed by atoms with Crippen LogP contribution in [-0.2, 0) is 22.3 Å². The number of nitrogens with one attached hydrogen (secondary N) is 1. The molecule has 0 unspecified atom stereocenters. The summed E-state index contributed by atoms with van der Waals surface area (Å²) in [7, 11) is 1.59. The predicted molar refractivity (Wildman–Crippen MR) is 117 cm³/mol. The van der Waals surface area contributed by atoms with Gasteiger partial charge in [0, 0.05) is 19.6 Å². The number of morpholine rings is 1. The molecule has 1 amide bonds. The monoisotopic (exact) mass is 451 g/mol. The average Bonchev–Trinajstić information content (AvgIpc) is 2.79. The molecular weight excluding hydrogens is 423 g/mol. The Balaban J connectivity index is 1.73. The molecule has 0 aromatic heterocycles. The Morgan fingerprint density at radius 1 is 1.16 bits per heavy atom. The number of hydrogen-bond acceptors (Lipinski definition) is 5. The molecule has 2 aromatic carbocycles. The Kier molecular flexibility index (Phi) is 7.98. The molecule has 0 saturated carbocycles. The zero-order valence-electron chi connectivity index (χ0n) is 18.2. The van der Waals surface area contributed by atoms with Gasteiger partial charge in [0.05, 0.1) is 43.8 Å². The molecule has 0 spiro atoms. The summed E-state index contributed by atoms with van der Waals surface area (Å²) in [5, 5.41) is 2.71. The van der Waals surface area contributed by atoms with Crippen molar-refractivity contribution < 1.29 is 27.4 Å². The second-order valence-electron chi connectivity index (χ2n) is 7.53. The van der Waals surface area contributed by atoms with E-state index in [1.807, 2.05) is 41.0 Å². The van der Waals surface area contributed by atoms with Crippen molar-refractivity contribution in [2.24, 2.45) is 0 Å². The largest absolute Gasteiger partial charge is 0.497 e. The summed E-state index contributed by atoms with van der Waals surface area (Å²) >= 11 is 0. The van der Waals surface area contributed by atoms with E-state index in [4.69, 9.17) is 9.47 Å². The molecule has 1 fully saturated rings. The molecule has 0 bridgehead atoms. The molecule has 174 valence electrons. The summed E-state index contributed by atoms with van der Waals surface area (Å²) in [6.45, 7) is 5.20. The van der Waals surface area contributed by atoms with Gasteiger partial charge in [0.15, 0.2) is 0 Å². The van der Waals surface area contributed by atoms with Crippen LogP contribution in [0.2, 0.25) is 0 Å². The van der Waals surface area contributed by atoms with Crippen LogP contribution in [0.3, 0.4) is 0 Å². The molecule has 9 heteroatoms. The first-order valence-corrected chi connectivity index (χ1v) is 10.5. The number of rotatable bonds is 8. The predicted octanol–water partition coefficient (Wildman–Crippen LogP) is 4.01. The molecule has 1 heterocycles. The number of anilines is 2. The number of carbonyl (C=O) groups is 1. The summed E-state index contributed by atoms with van der Waals surface area (Å²) in [6.07, 6.45) is -4.49. The third kappa shape index (κ3) is 6.37. The lowest BCUT2D eigenvalue weighted by atomic mass is 10.1. The molecule has 2 aromatic rings. The fraction of sp³-hybridized carbons (Fsp3) is 0.435. The highest BCUT2D eigenvalue weighted by atomic mass is 19.4. The van der Waals surface area contributed by atoms with E-state index in [1.54, 1.807) is 7.11 Å². The van der Waals surface area contributed by atoms with E-state index in [-0.39, 0.29) is 18.1 Å². The number of benzene rings is 2. The van der Waals surface area contributed by atoms with Gasteiger partial charge in [-0.3, -0.25) is 9.69 Å². The molecule has 32 heavy (non-hydrogen) atoms. The van der Waals surface area contributed by atoms with Crippen molar-refractivity contribution in [1.82, 2.24) is 4.90 Å². The summed E-state index contributed by atoms with van der Waals surface area (Å²) in [4.78, 5) is 16.6. The van der Waals surface area contributed by atoms with E-state index >= 15 is 0 Å². The minimum Gasteiger partial charge on any atom is -0.497 e. The summed E-state index contributed by atoms with van der Waals surface area (Å²) < 4.78 is 50.3. The Morgan fingerprint density at radius 2 is 1.84 bits per heavy atom. The van der Waals surface area contributed by atoms with Gasteiger partial charge in [0.1, 0.15) is 5.75 Å². The van der Waals surface area contributed by atoms with Crippen LogP contribution >= 0.6 is 0 Å². The van der Waals surface area contributed by atoms with Crippen LogP contribution in [0.25, 0.3) is 0 Å². The second kappa shape index (κ2) is 10.7. The first kappa shape index (κ1) is 23.9. The molecule has 1 aliphatic rings. The standard InChI is InChI=1S/C23H28F3N3O3/c1-3-28(15-17-4-7-19(31-2)8-5-17)16-22(30)27-20-14-18(23(24,25)26)6-9-21(20)29-10-12-32-13-11-29/h4-9,14H,3,10-13,15-16H2,1-2H3,(H,27,30). The van der Waals surface area contributed by atoms with E-state index in [2.05, 4.69) is 5.32 Å². The van der Waals surface area contributed by atoms with Crippen molar-refractivity contribution in [2.75, 3.05) is 56.7 Å². The van der Waals surface area contributed by atoms with Crippen LogP contribution in [0.5, 0.6) is 5.75 Å². The minimum atomic E-state index is -4.49. The van der Waals surface area contributed by atoms with Gasteiger partial charge < -0.3 is 19.7 Å². The molecule has 0 aliphatic carbocycles. The van der Waals surface area contributed by atoms with E-state index in [0.29, 0.717) is 45.1 Å². The quantitative estimate of drug-likeness (QED) is 0.657. The lowest BCUT2D eigenvalue weighted by molar-refractivity contribution is -0.137. The number of alkyl halides is 3. The molecule has 6 nitrogen and oxygen atoms in total. The number of ether oxygens (including phenoxy) is 2. The van der Waals surface area contributed by atoms with Gasteiger partial charge >= 0.3 is 6.18 Å². The van der Waals surface area contributed by atoms with Gasteiger partial charge in [0.2, 0.25) is 5.91 Å². The van der Waals surface area contributed by atoms with Crippen molar-refractivity contribution in [3.8, 4) is 5.75 Å². The summed E-state index contributed by atoms with van der Waals surface area (Å²) in [5.74, 6) is 0.379. The average molecular weight is 451 g/mol. The Labute approximate surface area is 185 Å². The lowest BCUT2D eigenvalue weighted by Gasteiger charge is -2.31. The van der Waals surface area contributed by atoms with Gasteiger partial charge in [-0.05, 0) is 42.4 Å². The van der Waals surface area contributed by atoms with Crippen LogP contribution in [0.15, 0.2) is 42.5 Å². The minimum absolute atomic E-state index is 0.0569. The maximum Gasteiger partial charge on any atom is 0.416 e. The number of carbonyl (C=O) groups excluding carboxylic acids is 1. The highest BCUT2D eigenvalue weighted by Crippen LogP contribution is 2.35. The molecule has 0 radical (unpaired) electrons. The number of halogens is 3. The van der Waals surface area contributed by atoms with E-state index in [1.165, 1.54) is 6.07 Å². The fourth-order valence-electron chi connectivity index (χ4n) is 3.55. The number of likely N-dealkylation sites (N-methyl/N-ethyl adjacent to an activating group) is 1. The highest BCUT2D eigenvalue weighted by molar-refractivity contribution is 5.95. The Hall–Kier alpha value is -2.78. The molecule has 1 saturated heterocycles. The maximum absolute atomic E-state index is 13.3. The van der Waals surface area contributed by atoms with Crippen molar-refractivity contribution in [3.63, 3.8) is 0 Å². The first-order chi connectivity index (χ1) is 15.3. The van der Waals surface area contributed by atoms with Crippen molar-refractivity contribution in [3.05, 3.63) is 53.6 Å². The summed E-state index contributed by atoms with van der Waals surface area (Å²) in [6, 6.07) is 11.0. The van der Waals surface area contributed by atoms with Gasteiger partial charge in [-0.1, -0.05) is 19.1 Å². The molecule has 0 atom stereocenters. The van der Waals surface area contributed by atoms with Crippen molar-refractivity contribution >= 4 is 17.3 Å². The first-order valence-electron chi connectivity index (χ1n) is 10.5. The van der Waals surface area contributed by atoms with Crippen LogP contribution in [-0.4, -0.2) is 57.3 Å². The molecule has 1 N–H and O–H groups in total. The third-order valence-corrected chi connectivity index (χ3v) is 5.33. The van der Waals surface area contributed by atoms with E-state index < -0.39 is 11.7 Å². The van der Waals surface area contributed by atoms with Crippen molar-refractivity contribution in [1.29, 1.82) is 0 Å². The zero-order chi connectivity index (χ0) is 23.1. The SMILES string of the molecule is CCN(CC(=O)Nc1cc(C(F)(F)F)ccc1N1CCOCC1)Cc1ccc(OC)cc1. The number of nitrogens with zero attached hydrogens (tertiary/aromatic N) is 2. The van der Waals surface area contributed by atoms with Gasteiger partial charge in [-0.25, -0.2) is 0 Å². The molecule has 3 rings (SSSR count). The normalized spacial score (nSPS) is 14.5. The smallest absolute Gasteiger partial charge is 0.416 e. The maximum atomic E-state index is 13.3. The van der Waals surface area contributed by atoms with Crippen LogP contribution < -0.4 is 15.0 Å². The van der Waals surface area contributed by atoms with Gasteiger partial charge in [-0.15, -0.1) is 0 Å².